The summed E-state index contributed by atoms with van der Waals surface area (Å²) in [6.07, 6.45) is 6.81. The minimum Gasteiger partial charge on any atom is -0.398 e. The van der Waals surface area contributed by atoms with Crippen molar-refractivity contribution in [1.82, 2.24) is 4.57 Å². The number of nitrogen functional groups attached to an aromatic ring is 1. The third kappa shape index (κ3) is 2.17. The smallest absolute Gasteiger partial charge is 0.0491 e. The summed E-state index contributed by atoms with van der Waals surface area (Å²) < 4.78 is 2.48. The number of aryl methyl sites for hydroxylation is 1. The number of anilines is 1. The molecular weight excluding hydrogens is 280 g/mol. The van der Waals surface area contributed by atoms with Crippen molar-refractivity contribution >= 4 is 22.7 Å². The molecule has 1 heterocycles. The molecule has 0 radical (unpaired) electrons. The van der Waals surface area contributed by atoms with Crippen LogP contribution in [0.1, 0.15) is 34.4 Å². The average Bonchev–Trinajstić information content (AvgIpc) is 2.90. The van der Waals surface area contributed by atoms with Crippen molar-refractivity contribution < 1.29 is 0 Å². The highest BCUT2D eigenvalue weighted by atomic mass is 15.0. The van der Waals surface area contributed by atoms with E-state index in [4.69, 9.17) is 5.73 Å². The van der Waals surface area contributed by atoms with Gasteiger partial charge in [0.1, 0.15) is 0 Å². The van der Waals surface area contributed by atoms with Gasteiger partial charge in [-0.15, -0.1) is 0 Å². The first kappa shape index (κ1) is 14.1. The summed E-state index contributed by atoms with van der Waals surface area (Å²) in [5, 5.41) is 1.36. The number of hydrogen-bond donors (Lipinski definition) is 1. The van der Waals surface area contributed by atoms with Crippen LogP contribution in [0.25, 0.3) is 17.0 Å². The Kier molecular flexibility index (Phi) is 3.26. The summed E-state index contributed by atoms with van der Waals surface area (Å²) in [4.78, 5) is 0. The van der Waals surface area contributed by atoms with E-state index in [-0.39, 0.29) is 0 Å². The highest BCUT2D eigenvalue weighted by Gasteiger charge is 2.17. The first-order chi connectivity index (χ1) is 11.2. The molecule has 2 heteroatoms. The van der Waals surface area contributed by atoms with Gasteiger partial charge in [0.2, 0.25) is 0 Å². The van der Waals surface area contributed by atoms with E-state index in [0.29, 0.717) is 0 Å². The highest BCUT2D eigenvalue weighted by molar-refractivity contribution is 5.92. The fourth-order valence-corrected chi connectivity index (χ4v) is 3.69. The van der Waals surface area contributed by atoms with Crippen LogP contribution in [0.15, 0.2) is 42.5 Å². The molecule has 0 fully saturated rings. The first-order valence-electron chi connectivity index (χ1n) is 8.28. The van der Waals surface area contributed by atoms with E-state index in [1.807, 2.05) is 0 Å². The molecule has 0 aliphatic heterocycles. The molecule has 0 atom stereocenters. The summed E-state index contributed by atoms with van der Waals surface area (Å²) >= 11 is 0. The first-order valence-corrected chi connectivity index (χ1v) is 8.28. The molecule has 1 aromatic heterocycles. The van der Waals surface area contributed by atoms with E-state index in [2.05, 4.69) is 67.0 Å². The van der Waals surface area contributed by atoms with Gasteiger partial charge in [0.15, 0.2) is 0 Å². The number of nitrogens with zero attached hydrogens (tertiary/aromatic N) is 1. The number of nitrogens with two attached hydrogens (primary N) is 1. The largest absolute Gasteiger partial charge is 0.398 e. The van der Waals surface area contributed by atoms with Crippen LogP contribution in [0, 0.1) is 13.8 Å². The number of benzene rings is 2. The number of allylic oxidation sites excluding steroid dienone is 1. The molecular formula is C21H22N2. The Morgan fingerprint density at radius 2 is 1.91 bits per heavy atom. The SMILES string of the molecule is Cc1ccc(Cn2c3c(c4ccccc42)C=CCC3)c(C)c1N. The topological polar surface area (TPSA) is 30.9 Å². The maximum Gasteiger partial charge on any atom is 0.0491 e. The van der Waals surface area contributed by atoms with E-state index >= 15 is 0 Å². The molecule has 116 valence electrons. The van der Waals surface area contributed by atoms with Crippen LogP contribution in [-0.4, -0.2) is 4.57 Å². The van der Waals surface area contributed by atoms with Gasteiger partial charge in [-0.3, -0.25) is 0 Å². The van der Waals surface area contributed by atoms with Crippen LogP contribution in [0.2, 0.25) is 0 Å². The maximum atomic E-state index is 6.24. The predicted molar refractivity (Wildman–Crippen MR) is 98.7 cm³/mol. The van der Waals surface area contributed by atoms with Crippen molar-refractivity contribution in [3.8, 4) is 0 Å². The third-order valence-electron chi connectivity index (χ3n) is 5.13. The van der Waals surface area contributed by atoms with E-state index in [9.17, 15) is 0 Å². The van der Waals surface area contributed by atoms with Gasteiger partial charge in [0, 0.05) is 34.4 Å². The lowest BCUT2D eigenvalue weighted by Crippen LogP contribution is -2.08. The van der Waals surface area contributed by atoms with Crippen molar-refractivity contribution in [2.45, 2.75) is 33.2 Å². The molecule has 1 aliphatic carbocycles. The number of para-hydroxylation sites is 1. The summed E-state index contributed by atoms with van der Waals surface area (Å²) in [6, 6.07) is 13.1. The van der Waals surface area contributed by atoms with E-state index in [0.717, 1.165) is 30.6 Å². The Balaban J connectivity index is 1.90. The van der Waals surface area contributed by atoms with Gasteiger partial charge >= 0.3 is 0 Å². The van der Waals surface area contributed by atoms with Gasteiger partial charge in [-0.05, 0) is 49.4 Å². The minimum absolute atomic E-state index is 0.889. The normalized spacial score (nSPS) is 13.5. The summed E-state index contributed by atoms with van der Waals surface area (Å²) in [5.41, 5.74) is 15.0. The van der Waals surface area contributed by atoms with Crippen molar-refractivity contribution in [3.63, 3.8) is 0 Å². The zero-order chi connectivity index (χ0) is 16.0. The van der Waals surface area contributed by atoms with E-state index in [1.54, 1.807) is 0 Å². The van der Waals surface area contributed by atoms with E-state index in [1.165, 1.54) is 33.3 Å². The summed E-state index contributed by atoms with van der Waals surface area (Å²) in [6.45, 7) is 5.10. The molecule has 2 aromatic carbocycles. The van der Waals surface area contributed by atoms with Gasteiger partial charge in [-0.2, -0.15) is 0 Å². The molecule has 0 unspecified atom stereocenters. The predicted octanol–water partition coefficient (Wildman–Crippen LogP) is 4.85. The lowest BCUT2D eigenvalue weighted by molar-refractivity contribution is 0.752. The van der Waals surface area contributed by atoms with Crippen LogP contribution in [0.5, 0.6) is 0 Å². The van der Waals surface area contributed by atoms with Crippen LogP contribution >= 0.6 is 0 Å². The van der Waals surface area contributed by atoms with Crippen LogP contribution < -0.4 is 5.73 Å². The molecule has 2 N–H and O–H groups in total. The fourth-order valence-electron chi connectivity index (χ4n) is 3.69. The Labute approximate surface area is 137 Å². The van der Waals surface area contributed by atoms with Gasteiger partial charge in [-0.1, -0.05) is 42.5 Å². The Hall–Kier alpha value is -2.48. The van der Waals surface area contributed by atoms with Crippen molar-refractivity contribution in [2.75, 3.05) is 5.73 Å². The second-order valence-electron chi connectivity index (χ2n) is 6.48. The van der Waals surface area contributed by atoms with Crippen molar-refractivity contribution in [1.29, 1.82) is 0 Å². The lowest BCUT2D eigenvalue weighted by atomic mass is 10.0. The second-order valence-corrected chi connectivity index (χ2v) is 6.48. The highest BCUT2D eigenvalue weighted by Crippen LogP contribution is 2.32. The number of fused-ring (bicyclic) bond motifs is 3. The number of rotatable bonds is 2. The summed E-state index contributed by atoms with van der Waals surface area (Å²) in [7, 11) is 0. The fraction of sp³-hybridized carbons (Fsp3) is 0.238. The van der Waals surface area contributed by atoms with Gasteiger partial charge < -0.3 is 10.3 Å². The molecule has 1 aliphatic rings. The standard InChI is InChI=1S/C21H22N2/c1-14-11-12-16(15(2)21(14)22)13-23-19-9-5-3-7-17(19)18-8-4-6-10-20(18)23/h3-5,7-9,11-12H,6,10,13,22H2,1-2H3. The monoisotopic (exact) mass is 302 g/mol. The van der Waals surface area contributed by atoms with Crippen LogP contribution in [0.3, 0.4) is 0 Å². The van der Waals surface area contributed by atoms with Crippen molar-refractivity contribution in [2.24, 2.45) is 0 Å². The van der Waals surface area contributed by atoms with Crippen LogP contribution in [-0.2, 0) is 13.0 Å². The Morgan fingerprint density at radius 1 is 1.09 bits per heavy atom. The zero-order valence-electron chi connectivity index (χ0n) is 13.8. The molecule has 0 saturated carbocycles. The molecule has 23 heavy (non-hydrogen) atoms. The maximum absolute atomic E-state index is 6.24. The molecule has 4 rings (SSSR count). The number of hydrogen-bond acceptors (Lipinski definition) is 1. The average molecular weight is 302 g/mol. The Bertz CT molecular complexity index is 929. The minimum atomic E-state index is 0.889. The van der Waals surface area contributed by atoms with Crippen molar-refractivity contribution in [3.05, 3.63) is 70.4 Å². The molecule has 3 aromatic rings. The number of aromatic nitrogens is 1. The molecule has 2 nitrogen and oxygen atoms in total. The second kappa shape index (κ2) is 5.31. The molecule has 0 bridgehead atoms. The van der Waals surface area contributed by atoms with Gasteiger partial charge in [-0.25, -0.2) is 0 Å². The lowest BCUT2D eigenvalue weighted by Gasteiger charge is -2.16. The van der Waals surface area contributed by atoms with Crippen LogP contribution in [0.4, 0.5) is 5.69 Å². The molecule has 0 spiro atoms. The summed E-state index contributed by atoms with van der Waals surface area (Å²) in [5.74, 6) is 0. The zero-order valence-corrected chi connectivity index (χ0v) is 13.8. The molecule has 0 amide bonds. The Morgan fingerprint density at radius 3 is 2.78 bits per heavy atom. The van der Waals surface area contributed by atoms with Gasteiger partial charge in [0.05, 0.1) is 0 Å². The molecule has 0 saturated heterocycles. The van der Waals surface area contributed by atoms with Gasteiger partial charge in [0.25, 0.3) is 0 Å². The van der Waals surface area contributed by atoms with E-state index < -0.39 is 0 Å². The third-order valence-corrected chi connectivity index (χ3v) is 5.13. The quantitative estimate of drug-likeness (QED) is 0.674.